The highest BCUT2D eigenvalue weighted by molar-refractivity contribution is 9.11. The average Bonchev–Trinajstić information content (AvgIpc) is 2.23. The average molecular weight is 269 g/mol. The zero-order valence-corrected chi connectivity index (χ0v) is 9.67. The second-order valence-electron chi connectivity index (χ2n) is 3.31. The Balaban J connectivity index is 2.71. The van der Waals surface area contributed by atoms with Gasteiger partial charge >= 0.3 is 0 Å². The Labute approximate surface area is 95.5 Å². The van der Waals surface area contributed by atoms with Gasteiger partial charge in [0, 0.05) is 10.0 Å². The van der Waals surface area contributed by atoms with Crippen molar-refractivity contribution in [2.24, 2.45) is 0 Å². The summed E-state index contributed by atoms with van der Waals surface area (Å²) in [4.78, 5) is 10.8. The molecule has 2 rings (SSSR count). The van der Waals surface area contributed by atoms with Crippen LogP contribution < -0.4 is 4.74 Å². The maximum Gasteiger partial charge on any atom is 0.157 e. The summed E-state index contributed by atoms with van der Waals surface area (Å²) < 4.78 is 6.37. The van der Waals surface area contributed by atoms with Crippen molar-refractivity contribution in [3.63, 3.8) is 0 Å². The molecular weight excluding hydrogens is 260 g/mol. The molecule has 4 heteroatoms. The third-order valence-corrected chi connectivity index (χ3v) is 3.27. The smallest absolute Gasteiger partial charge is 0.157 e. The lowest BCUT2D eigenvalue weighted by molar-refractivity contribution is 0.111. The van der Waals surface area contributed by atoms with Crippen molar-refractivity contribution in [3.8, 4) is 11.5 Å². The molecule has 0 atom stereocenters. The number of phenolic OH excluding ortho intramolecular Hbond substituents is 1. The van der Waals surface area contributed by atoms with Gasteiger partial charge in [-0.05, 0) is 24.6 Å². The fourth-order valence-corrected chi connectivity index (χ4v) is 1.87. The number of fused-ring (bicyclic) bond motifs is 1. The topological polar surface area (TPSA) is 46.5 Å². The number of phenols is 1. The highest BCUT2D eigenvalue weighted by Gasteiger charge is 2.20. The minimum atomic E-state index is -0.0467. The molecule has 1 aromatic carbocycles. The van der Waals surface area contributed by atoms with E-state index in [4.69, 9.17) is 4.74 Å². The molecule has 0 radical (unpaired) electrons. The van der Waals surface area contributed by atoms with Crippen LogP contribution in [-0.2, 0) is 0 Å². The lowest BCUT2D eigenvalue weighted by atomic mass is 10.0. The van der Waals surface area contributed by atoms with Gasteiger partial charge in [0.15, 0.2) is 6.29 Å². The maximum atomic E-state index is 10.8. The van der Waals surface area contributed by atoms with E-state index in [1.807, 2.05) is 6.92 Å². The molecule has 0 amide bonds. The van der Waals surface area contributed by atoms with Gasteiger partial charge in [0.25, 0.3) is 0 Å². The summed E-state index contributed by atoms with van der Waals surface area (Å²) in [5, 5.41) is 9.48. The summed E-state index contributed by atoms with van der Waals surface area (Å²) in [7, 11) is 0. The van der Waals surface area contributed by atoms with Crippen LogP contribution in [0.4, 0.5) is 0 Å². The fourth-order valence-electron chi connectivity index (χ4n) is 1.54. The summed E-state index contributed by atoms with van der Waals surface area (Å²) >= 11 is 3.39. The largest absolute Gasteiger partial charge is 0.507 e. The lowest BCUT2D eigenvalue weighted by Gasteiger charge is -2.20. The SMILES string of the molecule is CC1=C(Br)COc2c1ccc(O)c2C=O. The van der Waals surface area contributed by atoms with Gasteiger partial charge in [0.05, 0.1) is 5.56 Å². The zero-order chi connectivity index (χ0) is 11.0. The van der Waals surface area contributed by atoms with Gasteiger partial charge in [-0.1, -0.05) is 15.9 Å². The standard InChI is InChI=1S/C11H9BrO3/c1-6-7-2-3-10(14)8(4-13)11(7)15-5-9(6)12/h2-4,14H,5H2,1H3. The summed E-state index contributed by atoms with van der Waals surface area (Å²) in [5.74, 6) is 0.417. The number of hydrogen-bond acceptors (Lipinski definition) is 3. The van der Waals surface area contributed by atoms with Gasteiger partial charge in [-0.2, -0.15) is 0 Å². The monoisotopic (exact) mass is 268 g/mol. The summed E-state index contributed by atoms with van der Waals surface area (Å²) in [6.45, 7) is 2.33. The predicted molar refractivity (Wildman–Crippen MR) is 60.5 cm³/mol. The predicted octanol–water partition coefficient (Wildman–Crippen LogP) is 2.72. The van der Waals surface area contributed by atoms with E-state index in [0.717, 1.165) is 15.6 Å². The van der Waals surface area contributed by atoms with Gasteiger partial charge in [-0.15, -0.1) is 0 Å². The van der Waals surface area contributed by atoms with Crippen molar-refractivity contribution in [2.75, 3.05) is 6.61 Å². The van der Waals surface area contributed by atoms with Crippen molar-refractivity contribution in [2.45, 2.75) is 6.92 Å². The van der Waals surface area contributed by atoms with E-state index >= 15 is 0 Å². The first-order valence-corrected chi connectivity index (χ1v) is 5.24. The number of aldehydes is 1. The first-order valence-electron chi connectivity index (χ1n) is 4.44. The molecule has 0 fully saturated rings. The molecule has 1 aliphatic heterocycles. The Bertz CT molecular complexity index is 463. The van der Waals surface area contributed by atoms with Gasteiger partial charge < -0.3 is 9.84 Å². The molecule has 78 valence electrons. The number of carbonyl (C=O) groups excluding carboxylic acids is 1. The Hall–Kier alpha value is -1.29. The highest BCUT2D eigenvalue weighted by atomic mass is 79.9. The van der Waals surface area contributed by atoms with Gasteiger partial charge in [0.1, 0.15) is 18.1 Å². The van der Waals surface area contributed by atoms with Gasteiger partial charge in [0.2, 0.25) is 0 Å². The molecule has 1 aliphatic rings. The number of halogens is 1. The number of benzene rings is 1. The number of aromatic hydroxyl groups is 1. The minimum absolute atomic E-state index is 0.0467. The molecule has 0 unspecified atom stereocenters. The first kappa shape index (κ1) is 10.2. The number of ether oxygens (including phenoxy) is 1. The molecule has 0 spiro atoms. The second kappa shape index (κ2) is 3.70. The first-order chi connectivity index (χ1) is 7.15. The Morgan fingerprint density at radius 2 is 2.27 bits per heavy atom. The molecule has 0 bridgehead atoms. The minimum Gasteiger partial charge on any atom is -0.507 e. The van der Waals surface area contributed by atoms with Crippen LogP contribution in [0.15, 0.2) is 16.6 Å². The van der Waals surface area contributed by atoms with Crippen molar-refractivity contribution < 1.29 is 14.6 Å². The fraction of sp³-hybridized carbons (Fsp3) is 0.182. The summed E-state index contributed by atoms with van der Waals surface area (Å²) in [5.41, 5.74) is 2.08. The number of hydrogen-bond donors (Lipinski definition) is 1. The molecule has 0 saturated carbocycles. The van der Waals surface area contributed by atoms with Crippen LogP contribution in [-0.4, -0.2) is 18.0 Å². The van der Waals surface area contributed by atoms with E-state index in [2.05, 4.69) is 15.9 Å². The van der Waals surface area contributed by atoms with Crippen LogP contribution in [0.5, 0.6) is 11.5 Å². The van der Waals surface area contributed by atoms with Crippen LogP contribution in [0, 0.1) is 0 Å². The molecule has 0 aliphatic carbocycles. The van der Waals surface area contributed by atoms with Crippen molar-refractivity contribution in [1.82, 2.24) is 0 Å². The molecule has 1 N–H and O–H groups in total. The van der Waals surface area contributed by atoms with Crippen LogP contribution >= 0.6 is 15.9 Å². The third-order valence-electron chi connectivity index (χ3n) is 2.45. The molecule has 1 aromatic rings. The molecule has 0 aromatic heterocycles. The Morgan fingerprint density at radius 1 is 1.53 bits per heavy atom. The number of rotatable bonds is 1. The highest BCUT2D eigenvalue weighted by Crippen LogP contribution is 2.39. The van der Waals surface area contributed by atoms with Crippen molar-refractivity contribution in [3.05, 3.63) is 27.7 Å². The second-order valence-corrected chi connectivity index (χ2v) is 4.27. The summed E-state index contributed by atoms with van der Waals surface area (Å²) in [6.07, 6.45) is 0.612. The third kappa shape index (κ3) is 1.55. The number of allylic oxidation sites excluding steroid dienone is 1. The van der Waals surface area contributed by atoms with Gasteiger partial charge in [-0.25, -0.2) is 0 Å². The molecule has 15 heavy (non-hydrogen) atoms. The summed E-state index contributed by atoms with van der Waals surface area (Å²) in [6, 6.07) is 3.24. The normalized spacial score (nSPS) is 14.5. The Kier molecular flexibility index (Phi) is 2.52. The van der Waals surface area contributed by atoms with Crippen molar-refractivity contribution in [1.29, 1.82) is 0 Å². The maximum absolute atomic E-state index is 10.8. The van der Waals surface area contributed by atoms with Crippen LogP contribution in [0.25, 0.3) is 5.57 Å². The molecular formula is C11H9BrO3. The quantitative estimate of drug-likeness (QED) is 0.797. The van der Waals surface area contributed by atoms with E-state index in [1.54, 1.807) is 6.07 Å². The van der Waals surface area contributed by atoms with E-state index in [0.29, 0.717) is 18.6 Å². The molecule has 3 nitrogen and oxygen atoms in total. The van der Waals surface area contributed by atoms with Crippen LogP contribution in [0.3, 0.4) is 0 Å². The van der Waals surface area contributed by atoms with E-state index < -0.39 is 0 Å². The number of carbonyl (C=O) groups is 1. The zero-order valence-electron chi connectivity index (χ0n) is 8.08. The van der Waals surface area contributed by atoms with Crippen molar-refractivity contribution >= 4 is 27.8 Å². The Morgan fingerprint density at radius 3 is 2.93 bits per heavy atom. The van der Waals surface area contributed by atoms with Crippen LogP contribution in [0.2, 0.25) is 0 Å². The molecule has 0 saturated heterocycles. The molecule has 1 heterocycles. The van der Waals surface area contributed by atoms with Crippen LogP contribution in [0.1, 0.15) is 22.8 Å². The van der Waals surface area contributed by atoms with E-state index in [1.165, 1.54) is 6.07 Å². The van der Waals surface area contributed by atoms with E-state index in [9.17, 15) is 9.90 Å². The van der Waals surface area contributed by atoms with E-state index in [-0.39, 0.29) is 11.3 Å². The lowest BCUT2D eigenvalue weighted by Crippen LogP contribution is -2.09. The van der Waals surface area contributed by atoms with Gasteiger partial charge in [-0.3, -0.25) is 4.79 Å².